The van der Waals surface area contributed by atoms with Crippen molar-refractivity contribution in [2.75, 3.05) is 26.2 Å². The molecule has 0 amide bonds. The molecule has 0 radical (unpaired) electrons. The van der Waals surface area contributed by atoms with Crippen LogP contribution in [0.5, 0.6) is 0 Å². The summed E-state index contributed by atoms with van der Waals surface area (Å²) in [6.07, 6.45) is 1.39. The summed E-state index contributed by atoms with van der Waals surface area (Å²) >= 11 is 0. The molecule has 0 bridgehead atoms. The average molecular weight is 199 g/mol. The molecule has 0 unspecified atom stereocenters. The molecule has 0 spiro atoms. The van der Waals surface area contributed by atoms with Gasteiger partial charge in [0.1, 0.15) is 0 Å². The lowest BCUT2D eigenvalue weighted by Crippen LogP contribution is -2.35. The van der Waals surface area contributed by atoms with Gasteiger partial charge in [0, 0.05) is 0 Å². The van der Waals surface area contributed by atoms with Gasteiger partial charge in [-0.2, -0.15) is 0 Å². The zero-order chi connectivity index (χ0) is 6.10. The highest BCUT2D eigenvalue weighted by molar-refractivity contribution is 5.85. The molecule has 2 atom stereocenters. The zero-order valence-corrected chi connectivity index (χ0v) is 8.14. The molecule has 2 N–H and O–H groups in total. The lowest BCUT2D eigenvalue weighted by atomic mass is 9.90. The topological polar surface area (TPSA) is 24.1 Å². The highest BCUT2D eigenvalue weighted by Crippen LogP contribution is 2.21. The minimum atomic E-state index is 0. The SMILES string of the molecule is C1C[C@H]2CNC[C@H]2CN1.Cl.Cl. The van der Waals surface area contributed by atoms with Crippen molar-refractivity contribution in [2.45, 2.75) is 6.42 Å². The molecule has 2 heterocycles. The van der Waals surface area contributed by atoms with E-state index in [9.17, 15) is 0 Å². The number of piperidine rings is 1. The number of nitrogens with one attached hydrogen (secondary N) is 2. The second kappa shape index (κ2) is 5.20. The summed E-state index contributed by atoms with van der Waals surface area (Å²) in [6.45, 7) is 5.00. The minimum absolute atomic E-state index is 0. The van der Waals surface area contributed by atoms with Gasteiger partial charge in [0.25, 0.3) is 0 Å². The maximum absolute atomic E-state index is 3.42. The molecule has 68 valence electrons. The molecule has 2 saturated heterocycles. The van der Waals surface area contributed by atoms with E-state index in [4.69, 9.17) is 0 Å². The van der Waals surface area contributed by atoms with Crippen LogP contribution < -0.4 is 10.6 Å². The van der Waals surface area contributed by atoms with Crippen LogP contribution in [0.3, 0.4) is 0 Å². The molecular weight excluding hydrogens is 183 g/mol. The van der Waals surface area contributed by atoms with E-state index in [-0.39, 0.29) is 24.8 Å². The Balaban J connectivity index is 0.000000500. The lowest BCUT2D eigenvalue weighted by Gasteiger charge is -2.24. The maximum Gasteiger partial charge on any atom is -0.000511 e. The van der Waals surface area contributed by atoms with Gasteiger partial charge in [0.2, 0.25) is 0 Å². The van der Waals surface area contributed by atoms with Crippen molar-refractivity contribution in [3.05, 3.63) is 0 Å². The molecule has 2 fully saturated rings. The Morgan fingerprint density at radius 1 is 0.818 bits per heavy atom. The van der Waals surface area contributed by atoms with Crippen molar-refractivity contribution in [1.29, 1.82) is 0 Å². The molecule has 0 aromatic carbocycles. The van der Waals surface area contributed by atoms with Gasteiger partial charge in [0.05, 0.1) is 0 Å². The summed E-state index contributed by atoms with van der Waals surface area (Å²) in [7, 11) is 0. The van der Waals surface area contributed by atoms with E-state index < -0.39 is 0 Å². The highest BCUT2D eigenvalue weighted by atomic mass is 35.5. The fourth-order valence-electron chi connectivity index (χ4n) is 1.94. The van der Waals surface area contributed by atoms with Crippen molar-refractivity contribution in [3.63, 3.8) is 0 Å². The smallest absolute Gasteiger partial charge is 0.000511 e. The van der Waals surface area contributed by atoms with Gasteiger partial charge in [-0.15, -0.1) is 24.8 Å². The molecule has 2 nitrogen and oxygen atoms in total. The van der Waals surface area contributed by atoms with E-state index in [1.54, 1.807) is 0 Å². The molecule has 11 heavy (non-hydrogen) atoms. The largest absolute Gasteiger partial charge is 0.316 e. The molecular formula is C7H16Cl2N2. The van der Waals surface area contributed by atoms with Crippen LogP contribution >= 0.6 is 24.8 Å². The van der Waals surface area contributed by atoms with Crippen LogP contribution in [0.2, 0.25) is 0 Å². The van der Waals surface area contributed by atoms with Gasteiger partial charge in [-0.3, -0.25) is 0 Å². The number of halogens is 2. The summed E-state index contributed by atoms with van der Waals surface area (Å²) in [5.41, 5.74) is 0. The molecule has 4 heteroatoms. The Bertz CT molecular complexity index is 98.6. The average Bonchev–Trinajstić information content (AvgIpc) is 2.33. The van der Waals surface area contributed by atoms with Crippen LogP contribution in [0, 0.1) is 11.8 Å². The second-order valence-corrected chi connectivity index (χ2v) is 3.17. The third-order valence-corrected chi connectivity index (χ3v) is 2.58. The fourth-order valence-corrected chi connectivity index (χ4v) is 1.94. The van der Waals surface area contributed by atoms with Gasteiger partial charge in [0.15, 0.2) is 0 Å². The maximum atomic E-state index is 3.42. The first-order chi connectivity index (χ1) is 4.47. The Morgan fingerprint density at radius 3 is 2.18 bits per heavy atom. The number of fused-ring (bicyclic) bond motifs is 1. The number of rotatable bonds is 0. The second-order valence-electron chi connectivity index (χ2n) is 3.17. The van der Waals surface area contributed by atoms with Crippen molar-refractivity contribution < 1.29 is 0 Å². The van der Waals surface area contributed by atoms with Crippen LogP contribution in [0.25, 0.3) is 0 Å². The summed E-state index contributed by atoms with van der Waals surface area (Å²) in [6, 6.07) is 0. The van der Waals surface area contributed by atoms with Gasteiger partial charge < -0.3 is 10.6 Å². The molecule has 2 aliphatic rings. The van der Waals surface area contributed by atoms with Crippen molar-refractivity contribution in [3.8, 4) is 0 Å². The van der Waals surface area contributed by atoms with Crippen molar-refractivity contribution in [1.82, 2.24) is 10.6 Å². The highest BCUT2D eigenvalue weighted by Gasteiger charge is 2.28. The van der Waals surface area contributed by atoms with Gasteiger partial charge in [-0.25, -0.2) is 0 Å². The summed E-state index contributed by atoms with van der Waals surface area (Å²) in [5, 5.41) is 6.84. The third kappa shape index (κ3) is 2.48. The summed E-state index contributed by atoms with van der Waals surface area (Å²) in [5.74, 6) is 1.94. The Hall–Kier alpha value is 0.500. The molecule has 0 saturated carbocycles. The molecule has 0 aromatic heterocycles. The van der Waals surface area contributed by atoms with Crippen molar-refractivity contribution in [2.24, 2.45) is 11.8 Å². The lowest BCUT2D eigenvalue weighted by molar-refractivity contribution is 0.318. The Morgan fingerprint density at radius 2 is 1.45 bits per heavy atom. The van der Waals surface area contributed by atoms with Gasteiger partial charge in [-0.1, -0.05) is 0 Å². The Kier molecular flexibility index (Phi) is 5.44. The van der Waals surface area contributed by atoms with Gasteiger partial charge >= 0.3 is 0 Å². The van der Waals surface area contributed by atoms with E-state index in [0.717, 1.165) is 11.8 Å². The van der Waals surface area contributed by atoms with Crippen LogP contribution in [0.15, 0.2) is 0 Å². The fraction of sp³-hybridized carbons (Fsp3) is 1.00. The molecule has 0 aromatic rings. The van der Waals surface area contributed by atoms with Crippen LogP contribution in [-0.2, 0) is 0 Å². The Labute approximate surface area is 80.3 Å². The predicted molar refractivity (Wildman–Crippen MR) is 51.8 cm³/mol. The predicted octanol–water partition coefficient (Wildman–Crippen LogP) is 0.659. The first-order valence-electron chi connectivity index (χ1n) is 3.88. The molecule has 0 aliphatic carbocycles. The van der Waals surface area contributed by atoms with E-state index in [2.05, 4.69) is 10.6 Å². The van der Waals surface area contributed by atoms with E-state index in [1.807, 2.05) is 0 Å². The first-order valence-corrected chi connectivity index (χ1v) is 3.88. The van der Waals surface area contributed by atoms with Crippen LogP contribution in [0.1, 0.15) is 6.42 Å². The summed E-state index contributed by atoms with van der Waals surface area (Å²) < 4.78 is 0. The van der Waals surface area contributed by atoms with E-state index in [0.29, 0.717) is 0 Å². The minimum Gasteiger partial charge on any atom is -0.316 e. The first kappa shape index (κ1) is 11.5. The molecule has 2 aliphatic heterocycles. The summed E-state index contributed by atoms with van der Waals surface area (Å²) in [4.78, 5) is 0. The van der Waals surface area contributed by atoms with Crippen LogP contribution in [-0.4, -0.2) is 26.2 Å². The van der Waals surface area contributed by atoms with Gasteiger partial charge in [-0.05, 0) is 44.4 Å². The molecule has 2 rings (SSSR count). The standard InChI is InChI=1S/C7H14N2.2ClH/c1-2-8-4-7-5-9-3-6(1)7;;/h6-9H,1-5H2;2*1H/t6-,7+;;/m0../s1. The van der Waals surface area contributed by atoms with Crippen molar-refractivity contribution >= 4 is 24.8 Å². The van der Waals surface area contributed by atoms with Crippen LogP contribution in [0.4, 0.5) is 0 Å². The number of hydrogen-bond donors (Lipinski definition) is 2. The monoisotopic (exact) mass is 198 g/mol. The quantitative estimate of drug-likeness (QED) is 0.598. The van der Waals surface area contributed by atoms with E-state index >= 15 is 0 Å². The van der Waals surface area contributed by atoms with E-state index in [1.165, 1.54) is 32.6 Å². The normalized spacial score (nSPS) is 34.9. The zero-order valence-electron chi connectivity index (χ0n) is 6.51. The number of hydrogen-bond acceptors (Lipinski definition) is 2. The third-order valence-electron chi connectivity index (χ3n) is 2.58.